The molecule has 0 radical (unpaired) electrons. The van der Waals surface area contributed by atoms with Crippen molar-refractivity contribution in [3.63, 3.8) is 0 Å². The number of fused-ring (bicyclic) bond motifs is 1. The summed E-state index contributed by atoms with van der Waals surface area (Å²) in [5.41, 5.74) is -1.44. The first-order valence-corrected chi connectivity index (χ1v) is 5.73. The van der Waals surface area contributed by atoms with Crippen molar-refractivity contribution in [3.8, 4) is 0 Å². The minimum atomic E-state index is -1.45. The summed E-state index contributed by atoms with van der Waals surface area (Å²) in [6.45, 7) is 0. The quantitative estimate of drug-likeness (QED) is 0.840. The second-order valence-corrected chi connectivity index (χ2v) is 4.07. The molecule has 0 saturated heterocycles. The fourth-order valence-corrected chi connectivity index (χ4v) is 2.05. The summed E-state index contributed by atoms with van der Waals surface area (Å²) < 4.78 is 10.4. The molecule has 0 aliphatic carbocycles. The third-order valence-electron chi connectivity index (χ3n) is 2.94. The van der Waals surface area contributed by atoms with E-state index in [-0.39, 0.29) is 11.0 Å². The van der Waals surface area contributed by atoms with Crippen molar-refractivity contribution in [2.75, 3.05) is 14.2 Å². The lowest BCUT2D eigenvalue weighted by Gasteiger charge is -2.00. The van der Waals surface area contributed by atoms with E-state index in [2.05, 4.69) is 9.47 Å². The number of nitrogens with zero attached hydrogens (tertiary/aromatic N) is 2. The molecule has 0 unspecified atom stereocenters. The van der Waals surface area contributed by atoms with Gasteiger partial charge in [0.25, 0.3) is 0 Å². The summed E-state index contributed by atoms with van der Waals surface area (Å²) in [6, 6.07) is 0. The maximum absolute atomic E-state index is 11.7. The summed E-state index contributed by atoms with van der Waals surface area (Å²) in [4.78, 5) is 46.0. The normalized spacial score (nSPS) is 10.5. The van der Waals surface area contributed by atoms with Gasteiger partial charge < -0.3 is 19.7 Å². The van der Waals surface area contributed by atoms with Gasteiger partial charge in [-0.15, -0.1) is 0 Å². The number of carbonyl (C=O) groups excluding carboxylic acids is 2. The molecule has 0 spiro atoms. The van der Waals surface area contributed by atoms with Gasteiger partial charge in [-0.2, -0.15) is 0 Å². The molecule has 116 valence electrons. The molecule has 0 bridgehead atoms. The molecule has 0 amide bonds. The Hall–Kier alpha value is -3.30. The highest BCUT2D eigenvalue weighted by Crippen LogP contribution is 2.28. The highest BCUT2D eigenvalue weighted by atomic mass is 16.5. The smallest absolute Gasteiger partial charge is 0.418 e. The number of methoxy groups -OCH3 is 2. The maximum atomic E-state index is 11.7. The van der Waals surface area contributed by atoms with Gasteiger partial charge in [-0.3, -0.25) is 0 Å². The molecule has 2 aromatic rings. The first-order chi connectivity index (χ1) is 10.3. The van der Waals surface area contributed by atoms with Gasteiger partial charge in [-0.05, 0) is 0 Å². The van der Waals surface area contributed by atoms with Crippen molar-refractivity contribution in [2.24, 2.45) is 0 Å². The van der Waals surface area contributed by atoms with Crippen LogP contribution >= 0.6 is 0 Å². The van der Waals surface area contributed by atoms with Gasteiger partial charge in [0.1, 0.15) is 11.1 Å². The van der Waals surface area contributed by atoms with Crippen LogP contribution in [0.4, 0.5) is 9.59 Å². The van der Waals surface area contributed by atoms with E-state index < -0.39 is 35.3 Å². The first kappa shape index (κ1) is 15.1. The molecule has 0 saturated carbocycles. The predicted octanol–water partition coefficient (Wildman–Crippen LogP) is 1.07. The number of aromatic nitrogens is 2. The molecule has 10 nitrogen and oxygen atoms in total. The fraction of sp³-hybridized carbons (Fsp3) is 0.167. The van der Waals surface area contributed by atoms with Crippen LogP contribution in [-0.2, 0) is 9.47 Å². The van der Waals surface area contributed by atoms with Gasteiger partial charge in [0.15, 0.2) is 0 Å². The molecule has 0 aromatic carbocycles. The van der Waals surface area contributed by atoms with Crippen LogP contribution < -0.4 is 0 Å². The van der Waals surface area contributed by atoms with E-state index in [0.29, 0.717) is 9.13 Å². The zero-order chi connectivity index (χ0) is 16.6. The van der Waals surface area contributed by atoms with Crippen LogP contribution in [0.1, 0.15) is 20.7 Å². The first-order valence-electron chi connectivity index (χ1n) is 5.73. The molecule has 0 aliphatic rings. The Labute approximate surface area is 122 Å². The fourth-order valence-electron chi connectivity index (χ4n) is 2.05. The Morgan fingerprint density at radius 1 is 0.818 bits per heavy atom. The molecule has 2 aromatic heterocycles. The minimum absolute atomic E-state index is 0.276. The molecule has 2 rings (SSSR count). The largest absolute Gasteiger partial charge is 0.478 e. The van der Waals surface area contributed by atoms with E-state index >= 15 is 0 Å². The monoisotopic (exact) mass is 310 g/mol. The van der Waals surface area contributed by atoms with E-state index in [1.165, 1.54) is 0 Å². The van der Waals surface area contributed by atoms with Gasteiger partial charge >= 0.3 is 24.1 Å². The van der Waals surface area contributed by atoms with Crippen LogP contribution in [0.25, 0.3) is 11.0 Å². The van der Waals surface area contributed by atoms with Crippen molar-refractivity contribution >= 4 is 35.2 Å². The van der Waals surface area contributed by atoms with Crippen molar-refractivity contribution < 1.29 is 38.9 Å². The number of rotatable bonds is 2. The molecule has 0 aliphatic heterocycles. The third-order valence-corrected chi connectivity index (χ3v) is 2.94. The van der Waals surface area contributed by atoms with Crippen LogP contribution in [0, 0.1) is 0 Å². The number of carboxylic acid groups (broad SMARTS) is 2. The summed E-state index contributed by atoms with van der Waals surface area (Å²) in [5.74, 6) is -2.90. The SMILES string of the molecule is COC(=O)n1cc(C(=O)O)c2c1c(C(=O)O)cn2C(=O)OC. The predicted molar refractivity (Wildman–Crippen MR) is 69.5 cm³/mol. The Kier molecular flexibility index (Phi) is 3.59. The summed E-state index contributed by atoms with van der Waals surface area (Å²) >= 11 is 0. The molecule has 2 N–H and O–H groups in total. The second-order valence-electron chi connectivity index (χ2n) is 4.07. The number of aromatic carboxylic acids is 2. The standard InChI is InChI=1S/C12H10N2O8/c1-21-11(19)13-3-5(9(15)16)8-7(13)6(10(17)18)4-14(8)12(20)22-2/h3-4H,1-2H3,(H,15,16)(H,17,18). The van der Waals surface area contributed by atoms with Crippen LogP contribution in [0.15, 0.2) is 12.4 Å². The zero-order valence-electron chi connectivity index (χ0n) is 11.4. The molecule has 22 heavy (non-hydrogen) atoms. The molecule has 10 heteroatoms. The molecule has 0 fully saturated rings. The van der Waals surface area contributed by atoms with E-state index in [9.17, 15) is 29.4 Å². The number of carboxylic acids is 2. The molecular formula is C12H10N2O8. The lowest BCUT2D eigenvalue weighted by molar-refractivity contribution is 0.0688. The van der Waals surface area contributed by atoms with Crippen LogP contribution in [0.5, 0.6) is 0 Å². The van der Waals surface area contributed by atoms with Crippen molar-refractivity contribution in [3.05, 3.63) is 23.5 Å². The van der Waals surface area contributed by atoms with Gasteiger partial charge in [0.2, 0.25) is 0 Å². The molecule has 2 heterocycles. The average molecular weight is 310 g/mol. The summed E-state index contributed by atoms with van der Waals surface area (Å²) in [5, 5.41) is 18.4. The highest BCUT2D eigenvalue weighted by Gasteiger charge is 2.29. The van der Waals surface area contributed by atoms with Gasteiger partial charge in [0.05, 0.1) is 25.3 Å². The number of hydrogen-bond acceptors (Lipinski definition) is 6. The summed E-state index contributed by atoms with van der Waals surface area (Å²) in [6.07, 6.45) is -0.236. The molecular weight excluding hydrogens is 300 g/mol. The topological polar surface area (TPSA) is 137 Å². The van der Waals surface area contributed by atoms with Gasteiger partial charge in [-0.25, -0.2) is 28.3 Å². The Balaban J connectivity index is 2.98. The Bertz CT molecular complexity index is 745. The Morgan fingerprint density at radius 2 is 1.14 bits per heavy atom. The zero-order valence-corrected chi connectivity index (χ0v) is 11.4. The van der Waals surface area contributed by atoms with Gasteiger partial charge in [0, 0.05) is 12.4 Å². The van der Waals surface area contributed by atoms with Crippen LogP contribution in [-0.4, -0.2) is 57.7 Å². The van der Waals surface area contributed by atoms with Crippen LogP contribution in [0.3, 0.4) is 0 Å². The van der Waals surface area contributed by atoms with Crippen molar-refractivity contribution in [1.82, 2.24) is 9.13 Å². The van der Waals surface area contributed by atoms with Crippen LogP contribution in [0.2, 0.25) is 0 Å². The number of ether oxygens (including phenoxy) is 2. The van der Waals surface area contributed by atoms with E-state index in [1.54, 1.807) is 0 Å². The highest BCUT2D eigenvalue weighted by molar-refractivity contribution is 6.13. The maximum Gasteiger partial charge on any atom is 0.418 e. The van der Waals surface area contributed by atoms with Crippen molar-refractivity contribution in [2.45, 2.75) is 0 Å². The second kappa shape index (κ2) is 5.24. The van der Waals surface area contributed by atoms with E-state index in [1.807, 2.05) is 0 Å². The number of hydrogen-bond donors (Lipinski definition) is 2. The van der Waals surface area contributed by atoms with E-state index in [0.717, 1.165) is 26.6 Å². The van der Waals surface area contributed by atoms with Crippen molar-refractivity contribution in [1.29, 1.82) is 0 Å². The minimum Gasteiger partial charge on any atom is -0.478 e. The summed E-state index contributed by atoms with van der Waals surface area (Å²) in [7, 11) is 2.10. The molecule has 0 atom stereocenters. The van der Waals surface area contributed by atoms with E-state index in [4.69, 9.17) is 0 Å². The lowest BCUT2D eigenvalue weighted by Crippen LogP contribution is -2.12. The van der Waals surface area contributed by atoms with Gasteiger partial charge in [-0.1, -0.05) is 0 Å². The Morgan fingerprint density at radius 3 is 1.36 bits per heavy atom. The lowest BCUT2D eigenvalue weighted by atomic mass is 10.2. The number of carbonyl (C=O) groups is 4. The average Bonchev–Trinajstić information content (AvgIpc) is 3.03. The third kappa shape index (κ3) is 2.06.